The normalized spacial score (nSPS) is 20.8. The Labute approximate surface area is 119 Å². The van der Waals surface area contributed by atoms with Crippen molar-refractivity contribution in [2.24, 2.45) is 5.41 Å². The Morgan fingerprint density at radius 1 is 1.30 bits per heavy atom. The predicted octanol–water partition coefficient (Wildman–Crippen LogP) is 3.32. The summed E-state index contributed by atoms with van der Waals surface area (Å²) in [6.07, 6.45) is -4.50. The van der Waals surface area contributed by atoms with Crippen LogP contribution in [0, 0.1) is 5.41 Å². The van der Waals surface area contributed by atoms with Crippen LogP contribution in [0.3, 0.4) is 0 Å². The zero-order valence-corrected chi connectivity index (χ0v) is 11.7. The number of rotatable bonds is 2. The molecule has 1 amide bonds. The maximum Gasteiger partial charge on any atom is 0.409 e. The maximum absolute atomic E-state index is 13.3. The van der Waals surface area contributed by atoms with Crippen molar-refractivity contribution < 1.29 is 18.0 Å². The van der Waals surface area contributed by atoms with Crippen molar-refractivity contribution in [3.8, 4) is 0 Å². The van der Waals surface area contributed by atoms with Crippen molar-refractivity contribution in [2.45, 2.75) is 26.1 Å². The molecule has 110 valence electrons. The molecule has 1 heterocycles. The summed E-state index contributed by atoms with van der Waals surface area (Å²) in [4.78, 5) is 11.7. The molecule has 1 N–H and O–H groups in total. The molecule has 1 aromatic rings. The molecule has 0 spiro atoms. The Bertz CT molecular complexity index is 513. The fourth-order valence-corrected chi connectivity index (χ4v) is 2.29. The van der Waals surface area contributed by atoms with Crippen LogP contribution in [-0.2, 0) is 4.79 Å². The zero-order valence-electron chi connectivity index (χ0n) is 11.0. The van der Waals surface area contributed by atoms with E-state index >= 15 is 0 Å². The van der Waals surface area contributed by atoms with Crippen LogP contribution in [-0.4, -0.2) is 23.6 Å². The van der Waals surface area contributed by atoms with Gasteiger partial charge in [-0.15, -0.1) is 0 Å². The standard InChI is InChI=1S/C13H14ClF3N2O/c1-12(2)7-19(18-11(12)20)10(13(15,16)17)8-3-5-9(14)6-4-8/h3-6,10H,7H2,1-2H3,(H,18,20). The molecule has 0 bridgehead atoms. The predicted molar refractivity (Wildman–Crippen MR) is 68.9 cm³/mol. The van der Waals surface area contributed by atoms with Crippen LogP contribution in [0.5, 0.6) is 0 Å². The highest BCUT2D eigenvalue weighted by atomic mass is 35.5. The summed E-state index contributed by atoms with van der Waals surface area (Å²) in [5.74, 6) is -0.416. The van der Waals surface area contributed by atoms with Crippen molar-refractivity contribution in [3.05, 3.63) is 34.9 Å². The summed E-state index contributed by atoms with van der Waals surface area (Å²) in [6.45, 7) is 3.20. The molecule has 0 radical (unpaired) electrons. The van der Waals surface area contributed by atoms with Crippen molar-refractivity contribution >= 4 is 17.5 Å². The van der Waals surface area contributed by atoms with E-state index in [1.54, 1.807) is 13.8 Å². The zero-order chi connectivity index (χ0) is 15.1. The molecule has 1 fully saturated rings. The molecule has 1 aliphatic heterocycles. The summed E-state index contributed by atoms with van der Waals surface area (Å²) in [6, 6.07) is 3.55. The highest BCUT2D eigenvalue weighted by molar-refractivity contribution is 6.30. The number of hydrogen-bond donors (Lipinski definition) is 1. The second-order valence-corrected chi connectivity index (χ2v) is 5.88. The topological polar surface area (TPSA) is 32.3 Å². The van der Waals surface area contributed by atoms with Crippen LogP contribution in [0.15, 0.2) is 24.3 Å². The Morgan fingerprint density at radius 2 is 1.85 bits per heavy atom. The Morgan fingerprint density at radius 3 is 2.25 bits per heavy atom. The molecule has 3 nitrogen and oxygen atoms in total. The molecule has 1 saturated heterocycles. The van der Waals surface area contributed by atoms with Gasteiger partial charge in [0.1, 0.15) is 6.04 Å². The maximum atomic E-state index is 13.3. The van der Waals surface area contributed by atoms with Gasteiger partial charge in [-0.3, -0.25) is 10.2 Å². The van der Waals surface area contributed by atoms with Gasteiger partial charge in [0.25, 0.3) is 0 Å². The van der Waals surface area contributed by atoms with Gasteiger partial charge in [-0.05, 0) is 31.5 Å². The third kappa shape index (κ3) is 2.91. The van der Waals surface area contributed by atoms with Gasteiger partial charge in [0.15, 0.2) is 0 Å². The van der Waals surface area contributed by atoms with Gasteiger partial charge in [-0.1, -0.05) is 23.7 Å². The van der Waals surface area contributed by atoms with Crippen LogP contribution in [0.4, 0.5) is 13.2 Å². The number of nitrogens with zero attached hydrogens (tertiary/aromatic N) is 1. The lowest BCUT2D eigenvalue weighted by Crippen LogP contribution is -2.43. The highest BCUT2D eigenvalue weighted by Gasteiger charge is 2.50. The van der Waals surface area contributed by atoms with E-state index in [0.717, 1.165) is 5.01 Å². The van der Waals surface area contributed by atoms with Crippen molar-refractivity contribution in [2.75, 3.05) is 6.54 Å². The van der Waals surface area contributed by atoms with Gasteiger partial charge >= 0.3 is 6.18 Å². The fourth-order valence-electron chi connectivity index (χ4n) is 2.17. The molecule has 0 saturated carbocycles. The molecule has 1 aromatic carbocycles. The van der Waals surface area contributed by atoms with Crippen molar-refractivity contribution in [3.63, 3.8) is 0 Å². The summed E-state index contributed by atoms with van der Waals surface area (Å²) in [5.41, 5.74) is 1.50. The van der Waals surface area contributed by atoms with Crippen LogP contribution in [0.2, 0.25) is 5.02 Å². The Hall–Kier alpha value is -1.27. The van der Waals surface area contributed by atoms with Crippen molar-refractivity contribution in [1.29, 1.82) is 0 Å². The van der Waals surface area contributed by atoms with Gasteiger partial charge in [0.2, 0.25) is 5.91 Å². The lowest BCUT2D eigenvalue weighted by Gasteiger charge is -2.29. The lowest BCUT2D eigenvalue weighted by molar-refractivity contribution is -0.191. The van der Waals surface area contributed by atoms with E-state index in [-0.39, 0.29) is 12.1 Å². The molecule has 0 aromatic heterocycles. The number of halogens is 4. The van der Waals surface area contributed by atoms with E-state index in [4.69, 9.17) is 11.6 Å². The first kappa shape index (κ1) is 15.1. The number of alkyl halides is 3. The molecular weight excluding hydrogens is 293 g/mol. The fraction of sp³-hybridized carbons (Fsp3) is 0.462. The molecular formula is C13H14ClF3N2O. The van der Waals surface area contributed by atoms with Gasteiger partial charge < -0.3 is 0 Å². The second kappa shape index (κ2) is 4.93. The molecule has 1 unspecified atom stereocenters. The van der Waals surface area contributed by atoms with Gasteiger partial charge in [-0.25, -0.2) is 5.01 Å². The first-order valence-corrected chi connectivity index (χ1v) is 6.39. The molecule has 20 heavy (non-hydrogen) atoms. The number of benzene rings is 1. The third-order valence-corrected chi connectivity index (χ3v) is 3.48. The van der Waals surface area contributed by atoms with Crippen LogP contribution in [0.25, 0.3) is 0 Å². The average molecular weight is 307 g/mol. The number of carbonyl (C=O) groups excluding carboxylic acids is 1. The number of carbonyl (C=O) groups is 1. The van der Waals surface area contributed by atoms with E-state index in [9.17, 15) is 18.0 Å². The van der Waals surface area contributed by atoms with Gasteiger partial charge in [-0.2, -0.15) is 13.2 Å². The summed E-state index contributed by atoms with van der Waals surface area (Å²) >= 11 is 5.69. The minimum atomic E-state index is -4.50. The van der Waals surface area contributed by atoms with E-state index in [0.29, 0.717) is 5.02 Å². The summed E-state index contributed by atoms with van der Waals surface area (Å²) < 4.78 is 39.9. The lowest BCUT2D eigenvalue weighted by atomic mass is 9.94. The molecule has 0 aliphatic carbocycles. The van der Waals surface area contributed by atoms with E-state index in [1.807, 2.05) is 0 Å². The quantitative estimate of drug-likeness (QED) is 0.909. The summed E-state index contributed by atoms with van der Waals surface area (Å²) in [7, 11) is 0. The Balaban J connectivity index is 2.35. The van der Waals surface area contributed by atoms with E-state index in [2.05, 4.69) is 5.43 Å². The van der Waals surface area contributed by atoms with Crippen LogP contribution < -0.4 is 5.43 Å². The molecule has 1 aliphatic rings. The smallest absolute Gasteiger partial charge is 0.287 e. The number of hydrazine groups is 1. The largest absolute Gasteiger partial charge is 0.409 e. The SMILES string of the molecule is CC1(C)CN(C(c2ccc(Cl)cc2)C(F)(F)F)NC1=O. The van der Waals surface area contributed by atoms with E-state index in [1.165, 1.54) is 24.3 Å². The van der Waals surface area contributed by atoms with Gasteiger partial charge in [0, 0.05) is 11.6 Å². The highest BCUT2D eigenvalue weighted by Crippen LogP contribution is 2.40. The number of amides is 1. The van der Waals surface area contributed by atoms with Crippen molar-refractivity contribution in [1.82, 2.24) is 10.4 Å². The number of hydrogen-bond acceptors (Lipinski definition) is 2. The average Bonchev–Trinajstić information content (AvgIpc) is 2.54. The van der Waals surface area contributed by atoms with Gasteiger partial charge in [0.05, 0.1) is 5.41 Å². The minimum Gasteiger partial charge on any atom is -0.287 e. The van der Waals surface area contributed by atoms with E-state index < -0.39 is 23.5 Å². The number of nitrogens with one attached hydrogen (secondary N) is 1. The first-order chi connectivity index (χ1) is 9.11. The monoisotopic (exact) mass is 306 g/mol. The Kier molecular flexibility index (Phi) is 3.73. The molecule has 2 rings (SSSR count). The second-order valence-electron chi connectivity index (χ2n) is 5.45. The third-order valence-electron chi connectivity index (χ3n) is 3.23. The molecule has 7 heteroatoms. The minimum absolute atomic E-state index is 0.0152. The first-order valence-electron chi connectivity index (χ1n) is 6.01. The molecule has 1 atom stereocenters. The van der Waals surface area contributed by atoms with Crippen LogP contribution >= 0.6 is 11.6 Å². The van der Waals surface area contributed by atoms with Crippen LogP contribution in [0.1, 0.15) is 25.5 Å². The summed E-state index contributed by atoms with van der Waals surface area (Å²) in [5, 5.41) is 1.30.